The molecule has 4 rings (SSSR count). The molecule has 0 bridgehead atoms. The first kappa shape index (κ1) is 35.3. The number of ether oxygens (including phenoxy) is 4. The normalized spacial score (nSPS) is 44.8. The van der Waals surface area contributed by atoms with E-state index in [1.54, 1.807) is 7.05 Å². The molecule has 2 heterocycles. The summed E-state index contributed by atoms with van der Waals surface area (Å²) in [5, 5.41) is 62.3. The Balaban J connectivity index is 1.47. The third-order valence-corrected chi connectivity index (χ3v) is 8.85. The lowest BCUT2D eigenvalue weighted by Crippen LogP contribution is -2.69. The lowest BCUT2D eigenvalue weighted by molar-refractivity contribution is -0.304. The Morgan fingerprint density at radius 2 is 1.82 bits per heavy atom. The zero-order valence-corrected chi connectivity index (χ0v) is 25.2. The standard InChI is InChI=1S/C27H51N7O10/c1-26(39)11-41-24(19(37)22(26)32-2)44-21-16(34-25(38)27(40)8-17(27)31)7-15(30)20(18(21)36)43-23-14(29)4-3-13(42-23)10-33-9-12(35)5-6-28/h3,12,14-24,32-33,35-37,39-40H,4-11,28-31H2,1-2H3,(H,34,38)/t12?,14-,15+,16-,17?,18+,19-,20-,21+,22-,23-,24-,26+,27?/m1/s1. The van der Waals surface area contributed by atoms with E-state index >= 15 is 0 Å². The lowest BCUT2D eigenvalue weighted by Gasteiger charge is -2.49. The van der Waals surface area contributed by atoms with Crippen molar-refractivity contribution >= 4 is 5.91 Å². The van der Waals surface area contributed by atoms with Crippen LogP contribution >= 0.6 is 0 Å². The molecule has 0 aromatic rings. The van der Waals surface area contributed by atoms with Crippen LogP contribution in [-0.4, -0.2) is 149 Å². The summed E-state index contributed by atoms with van der Waals surface area (Å²) in [7, 11) is 1.57. The predicted molar refractivity (Wildman–Crippen MR) is 155 cm³/mol. The third kappa shape index (κ3) is 7.87. The number of carbonyl (C=O) groups excluding carboxylic acids is 1. The van der Waals surface area contributed by atoms with Gasteiger partial charge in [0, 0.05) is 25.0 Å². The number of amides is 1. The molecule has 0 aromatic heterocycles. The fourth-order valence-electron chi connectivity index (χ4n) is 6.01. The van der Waals surface area contributed by atoms with Crippen LogP contribution in [0.4, 0.5) is 0 Å². The van der Waals surface area contributed by atoms with Gasteiger partial charge in [-0.1, -0.05) is 0 Å². The smallest absolute Gasteiger partial charge is 0.253 e. The van der Waals surface area contributed by atoms with Gasteiger partial charge in [-0.15, -0.1) is 0 Å². The minimum Gasteiger partial charge on any atom is -0.467 e. The van der Waals surface area contributed by atoms with Crippen molar-refractivity contribution in [2.45, 2.75) is 117 Å². The number of rotatable bonds is 13. The summed E-state index contributed by atoms with van der Waals surface area (Å²) in [5.41, 5.74) is 20.8. The molecule has 14 atom stereocenters. The van der Waals surface area contributed by atoms with Crippen LogP contribution in [0.1, 0.15) is 32.6 Å². The first-order valence-electron chi connectivity index (χ1n) is 15.1. The topological polar surface area (TPSA) is 295 Å². The van der Waals surface area contributed by atoms with Gasteiger partial charge in [-0.05, 0) is 45.9 Å². The first-order valence-corrected chi connectivity index (χ1v) is 15.1. The van der Waals surface area contributed by atoms with Crippen LogP contribution in [0.15, 0.2) is 11.8 Å². The average molecular weight is 634 g/mol. The molecular formula is C27H51N7O10. The second-order valence-electron chi connectivity index (χ2n) is 12.6. The van der Waals surface area contributed by atoms with Crippen molar-refractivity contribution in [2.75, 3.05) is 33.3 Å². The highest BCUT2D eigenvalue weighted by Crippen LogP contribution is 2.36. The van der Waals surface area contributed by atoms with Crippen LogP contribution in [0.25, 0.3) is 0 Å². The maximum atomic E-state index is 12.9. The van der Waals surface area contributed by atoms with Gasteiger partial charge < -0.3 is 83.4 Å². The zero-order chi connectivity index (χ0) is 32.4. The van der Waals surface area contributed by atoms with Gasteiger partial charge in [0.05, 0.1) is 37.4 Å². The SMILES string of the molecule is CN[C@@H]1[C@@H](O)[C@@H](O[C@@H]2[C@@H](O)[C@H](O[C@H]3OC(CNCC(O)CCN)=CC[C@H]3N)[C@@H](N)C[C@H]2NC(=O)C2(O)CC2N)OC[C@]1(C)O. The van der Waals surface area contributed by atoms with Crippen LogP contribution in [-0.2, 0) is 23.7 Å². The van der Waals surface area contributed by atoms with E-state index in [2.05, 4.69) is 16.0 Å². The molecule has 2 aliphatic heterocycles. The number of nitrogens with two attached hydrogens (primary N) is 4. The average Bonchev–Trinajstić information content (AvgIpc) is 3.58. The van der Waals surface area contributed by atoms with Gasteiger partial charge in [0.15, 0.2) is 11.9 Å². The van der Waals surface area contributed by atoms with Gasteiger partial charge in [0.25, 0.3) is 5.91 Å². The summed E-state index contributed by atoms with van der Waals surface area (Å²) < 4.78 is 23.9. The highest BCUT2D eigenvalue weighted by molar-refractivity contribution is 5.89. The summed E-state index contributed by atoms with van der Waals surface area (Å²) in [6.07, 6.45) is -5.26. The molecular weight excluding hydrogens is 582 g/mol. The van der Waals surface area contributed by atoms with E-state index in [4.69, 9.17) is 41.9 Å². The Morgan fingerprint density at radius 3 is 2.45 bits per heavy atom. The number of hydrogen-bond acceptors (Lipinski definition) is 16. The van der Waals surface area contributed by atoms with E-state index in [1.807, 2.05) is 6.08 Å². The van der Waals surface area contributed by atoms with E-state index in [9.17, 15) is 30.3 Å². The van der Waals surface area contributed by atoms with Crippen molar-refractivity contribution in [3.05, 3.63) is 11.8 Å². The molecule has 0 radical (unpaired) electrons. The van der Waals surface area contributed by atoms with Gasteiger partial charge in [0.2, 0.25) is 6.29 Å². The van der Waals surface area contributed by atoms with Crippen molar-refractivity contribution < 1.29 is 49.3 Å². The van der Waals surface area contributed by atoms with E-state index < -0.39 is 90.4 Å². The number of aliphatic hydroxyl groups excluding tert-OH is 3. The quantitative estimate of drug-likeness (QED) is 0.0898. The highest BCUT2D eigenvalue weighted by Gasteiger charge is 2.59. The summed E-state index contributed by atoms with van der Waals surface area (Å²) in [6.45, 7) is 2.29. The molecule has 3 fully saturated rings. The number of likely N-dealkylation sites (N-methyl/N-ethyl adjacent to an activating group) is 1. The molecule has 254 valence electrons. The minimum atomic E-state index is -1.75. The number of hydrogen-bond donors (Lipinski definition) is 12. The zero-order valence-electron chi connectivity index (χ0n) is 25.2. The van der Waals surface area contributed by atoms with E-state index in [0.29, 0.717) is 38.2 Å². The summed E-state index contributed by atoms with van der Waals surface area (Å²) in [4.78, 5) is 12.9. The molecule has 3 unspecified atom stereocenters. The van der Waals surface area contributed by atoms with Crippen molar-refractivity contribution in [3.63, 3.8) is 0 Å². The highest BCUT2D eigenvalue weighted by atomic mass is 16.7. The molecule has 17 heteroatoms. The van der Waals surface area contributed by atoms with Crippen molar-refractivity contribution in [1.82, 2.24) is 16.0 Å². The Morgan fingerprint density at radius 1 is 1.14 bits per heavy atom. The predicted octanol–water partition coefficient (Wildman–Crippen LogP) is -5.89. The Kier molecular flexibility index (Phi) is 11.6. The largest absolute Gasteiger partial charge is 0.467 e. The van der Waals surface area contributed by atoms with Gasteiger partial charge in [-0.2, -0.15) is 0 Å². The Bertz CT molecular complexity index is 1010. The fraction of sp³-hybridized carbons (Fsp3) is 0.889. The first-order chi connectivity index (χ1) is 20.7. The van der Waals surface area contributed by atoms with Crippen LogP contribution in [0.5, 0.6) is 0 Å². The number of carbonyl (C=O) groups is 1. The second kappa shape index (κ2) is 14.5. The molecule has 2 aliphatic carbocycles. The van der Waals surface area contributed by atoms with Crippen LogP contribution in [0.2, 0.25) is 0 Å². The van der Waals surface area contributed by atoms with Crippen molar-refractivity contribution in [3.8, 4) is 0 Å². The Hall–Kier alpha value is -1.55. The maximum absolute atomic E-state index is 12.9. The number of nitrogens with one attached hydrogen (secondary N) is 3. The van der Waals surface area contributed by atoms with Crippen molar-refractivity contribution in [2.24, 2.45) is 22.9 Å². The van der Waals surface area contributed by atoms with E-state index in [1.165, 1.54) is 6.92 Å². The number of aliphatic hydroxyl groups is 5. The molecule has 44 heavy (non-hydrogen) atoms. The monoisotopic (exact) mass is 633 g/mol. The molecule has 17 nitrogen and oxygen atoms in total. The van der Waals surface area contributed by atoms with Crippen LogP contribution in [0, 0.1) is 0 Å². The summed E-state index contributed by atoms with van der Waals surface area (Å²) in [5.74, 6) is -0.202. The summed E-state index contributed by atoms with van der Waals surface area (Å²) >= 11 is 0. The van der Waals surface area contributed by atoms with E-state index in [0.717, 1.165) is 0 Å². The van der Waals surface area contributed by atoms with Crippen LogP contribution < -0.4 is 38.9 Å². The second-order valence-corrected chi connectivity index (χ2v) is 12.6. The Labute approximate surface area is 256 Å². The van der Waals surface area contributed by atoms with Crippen molar-refractivity contribution in [1.29, 1.82) is 0 Å². The minimum absolute atomic E-state index is 0.0463. The molecule has 1 amide bonds. The van der Waals surface area contributed by atoms with Gasteiger partial charge in [-0.3, -0.25) is 4.79 Å². The molecule has 16 N–H and O–H groups in total. The van der Waals surface area contributed by atoms with Crippen LogP contribution in [0.3, 0.4) is 0 Å². The fourth-order valence-corrected chi connectivity index (χ4v) is 6.01. The lowest BCUT2D eigenvalue weighted by atomic mass is 9.83. The summed E-state index contributed by atoms with van der Waals surface area (Å²) in [6, 6.07) is -3.93. The molecule has 4 aliphatic rings. The van der Waals surface area contributed by atoms with Gasteiger partial charge in [-0.25, -0.2) is 0 Å². The molecule has 2 saturated carbocycles. The third-order valence-electron chi connectivity index (χ3n) is 8.85. The maximum Gasteiger partial charge on any atom is 0.253 e. The van der Waals surface area contributed by atoms with E-state index in [-0.39, 0.29) is 19.4 Å². The molecule has 0 aromatic carbocycles. The van der Waals surface area contributed by atoms with Gasteiger partial charge in [0.1, 0.15) is 35.8 Å². The molecule has 1 saturated heterocycles. The van der Waals surface area contributed by atoms with Gasteiger partial charge >= 0.3 is 0 Å². The molecule has 0 spiro atoms.